The lowest BCUT2D eigenvalue weighted by Crippen LogP contribution is -2.63. The molecule has 23 heavy (non-hydrogen) atoms. The zero-order valence-corrected chi connectivity index (χ0v) is 14.4. The van der Waals surface area contributed by atoms with Gasteiger partial charge in [-0.1, -0.05) is 6.92 Å². The molecule has 0 unspecified atom stereocenters. The third-order valence-corrected chi connectivity index (χ3v) is 5.22. The maximum absolute atomic E-state index is 4.61. The third-order valence-electron chi connectivity index (χ3n) is 5.22. The zero-order chi connectivity index (χ0) is 16.0. The Morgan fingerprint density at radius 1 is 1.04 bits per heavy atom. The van der Waals surface area contributed by atoms with Gasteiger partial charge in [0.1, 0.15) is 5.82 Å². The molecule has 0 spiro atoms. The van der Waals surface area contributed by atoms with E-state index in [0.29, 0.717) is 6.04 Å². The van der Waals surface area contributed by atoms with Crippen molar-refractivity contribution < 1.29 is 0 Å². The van der Waals surface area contributed by atoms with Crippen molar-refractivity contribution in [2.45, 2.75) is 26.8 Å². The van der Waals surface area contributed by atoms with E-state index in [2.05, 4.69) is 50.8 Å². The van der Waals surface area contributed by atoms with Crippen LogP contribution in [0.15, 0.2) is 12.1 Å². The molecule has 2 fully saturated rings. The summed E-state index contributed by atoms with van der Waals surface area (Å²) in [4.78, 5) is 12.2. The summed E-state index contributed by atoms with van der Waals surface area (Å²) >= 11 is 0. The van der Waals surface area contributed by atoms with Crippen molar-refractivity contribution >= 4 is 11.5 Å². The maximum atomic E-state index is 4.61. The molecule has 4 heterocycles. The molecule has 0 aliphatic carbocycles. The van der Waals surface area contributed by atoms with Gasteiger partial charge < -0.3 is 9.80 Å². The summed E-state index contributed by atoms with van der Waals surface area (Å²) in [5.74, 6) is 1.18. The number of nitrogens with zero attached hydrogens (tertiary/aromatic N) is 6. The van der Waals surface area contributed by atoms with Gasteiger partial charge in [0.15, 0.2) is 5.65 Å². The van der Waals surface area contributed by atoms with E-state index in [0.717, 1.165) is 30.1 Å². The number of hydrogen-bond donors (Lipinski definition) is 0. The zero-order valence-electron chi connectivity index (χ0n) is 14.4. The van der Waals surface area contributed by atoms with Crippen LogP contribution in [0.2, 0.25) is 0 Å². The Bertz CT molecular complexity index is 694. The van der Waals surface area contributed by atoms with Crippen LogP contribution >= 0.6 is 0 Å². The molecule has 0 radical (unpaired) electrons. The fourth-order valence-electron chi connectivity index (χ4n) is 3.74. The standard InChI is InChI=1S/C17H26N6/c1-4-20-5-7-21(8-6-20)15-11-22(12-15)17-10-13(2)18-16-9-14(3)19-23(16)17/h9-10,15H,4-8,11-12H2,1-3H3. The second-order valence-corrected chi connectivity index (χ2v) is 6.84. The highest BCUT2D eigenvalue weighted by Gasteiger charge is 2.34. The number of hydrogen-bond acceptors (Lipinski definition) is 5. The Morgan fingerprint density at radius 2 is 1.78 bits per heavy atom. The monoisotopic (exact) mass is 314 g/mol. The van der Waals surface area contributed by atoms with Crippen LogP contribution in [0.3, 0.4) is 0 Å². The fraction of sp³-hybridized carbons (Fsp3) is 0.647. The van der Waals surface area contributed by atoms with E-state index in [1.54, 1.807) is 0 Å². The van der Waals surface area contributed by atoms with E-state index in [-0.39, 0.29) is 0 Å². The van der Waals surface area contributed by atoms with E-state index < -0.39 is 0 Å². The third kappa shape index (κ3) is 2.70. The normalized spacial score (nSPS) is 21.1. The van der Waals surface area contributed by atoms with Crippen LogP contribution in [0.5, 0.6) is 0 Å². The largest absolute Gasteiger partial charge is 0.353 e. The minimum absolute atomic E-state index is 0.689. The SMILES string of the molecule is CCN1CCN(C2CN(c3cc(C)nc4cc(C)nn34)C2)CC1. The van der Waals surface area contributed by atoms with Gasteiger partial charge in [-0.15, -0.1) is 0 Å². The molecule has 6 heteroatoms. The van der Waals surface area contributed by atoms with E-state index in [1.165, 1.54) is 38.5 Å². The summed E-state index contributed by atoms with van der Waals surface area (Å²) in [7, 11) is 0. The number of piperazine rings is 1. The molecule has 2 saturated heterocycles. The summed E-state index contributed by atoms with van der Waals surface area (Å²) in [6.07, 6.45) is 0. The number of likely N-dealkylation sites (N-methyl/N-ethyl adjacent to an activating group) is 1. The van der Waals surface area contributed by atoms with Crippen LogP contribution < -0.4 is 4.90 Å². The van der Waals surface area contributed by atoms with E-state index in [4.69, 9.17) is 0 Å². The van der Waals surface area contributed by atoms with E-state index in [1.807, 2.05) is 11.4 Å². The van der Waals surface area contributed by atoms with Crippen molar-refractivity contribution in [2.75, 3.05) is 50.7 Å². The second-order valence-electron chi connectivity index (χ2n) is 6.84. The van der Waals surface area contributed by atoms with Gasteiger partial charge >= 0.3 is 0 Å². The smallest absolute Gasteiger partial charge is 0.157 e. The summed E-state index contributed by atoms with van der Waals surface area (Å²) < 4.78 is 1.99. The molecule has 0 saturated carbocycles. The molecule has 0 atom stereocenters. The van der Waals surface area contributed by atoms with Crippen molar-refractivity contribution in [1.29, 1.82) is 0 Å². The van der Waals surface area contributed by atoms with Gasteiger partial charge in [-0.05, 0) is 20.4 Å². The molecule has 0 amide bonds. The summed E-state index contributed by atoms with van der Waals surface area (Å²) in [6.45, 7) is 14.6. The lowest BCUT2D eigenvalue weighted by Gasteiger charge is -2.48. The van der Waals surface area contributed by atoms with Crippen molar-refractivity contribution in [3.05, 3.63) is 23.5 Å². The Kier molecular flexibility index (Phi) is 3.73. The number of aryl methyl sites for hydroxylation is 2. The molecule has 2 aliphatic heterocycles. The first-order valence-electron chi connectivity index (χ1n) is 8.69. The fourth-order valence-corrected chi connectivity index (χ4v) is 3.74. The lowest BCUT2D eigenvalue weighted by atomic mass is 10.1. The van der Waals surface area contributed by atoms with Crippen molar-refractivity contribution in [1.82, 2.24) is 24.4 Å². The quantitative estimate of drug-likeness (QED) is 0.850. The molecule has 2 aromatic rings. The summed E-state index contributed by atoms with van der Waals surface area (Å²) in [5.41, 5.74) is 3.04. The van der Waals surface area contributed by atoms with Crippen LogP contribution in [-0.2, 0) is 0 Å². The molecule has 124 valence electrons. The molecule has 0 N–H and O–H groups in total. The first-order valence-corrected chi connectivity index (χ1v) is 8.69. The van der Waals surface area contributed by atoms with Crippen LogP contribution in [0.1, 0.15) is 18.3 Å². The average molecular weight is 314 g/mol. The molecule has 2 aliphatic rings. The Morgan fingerprint density at radius 3 is 2.48 bits per heavy atom. The number of rotatable bonds is 3. The highest BCUT2D eigenvalue weighted by atomic mass is 15.4. The molecule has 2 aromatic heterocycles. The van der Waals surface area contributed by atoms with Crippen molar-refractivity contribution in [3.63, 3.8) is 0 Å². The van der Waals surface area contributed by atoms with Gasteiger partial charge in [-0.25, -0.2) is 4.98 Å². The molecule has 4 rings (SSSR count). The number of anilines is 1. The number of fused-ring (bicyclic) bond motifs is 1. The van der Waals surface area contributed by atoms with Gasteiger partial charge in [-0.2, -0.15) is 9.61 Å². The predicted octanol–water partition coefficient (Wildman–Crippen LogP) is 1.17. The summed E-state index contributed by atoms with van der Waals surface area (Å²) in [6, 6.07) is 4.90. The van der Waals surface area contributed by atoms with Gasteiger partial charge in [0.2, 0.25) is 0 Å². The molecule has 0 bridgehead atoms. The van der Waals surface area contributed by atoms with Gasteiger partial charge in [0.25, 0.3) is 0 Å². The Balaban J connectivity index is 1.46. The Hall–Kier alpha value is -1.66. The van der Waals surface area contributed by atoms with E-state index in [9.17, 15) is 0 Å². The van der Waals surface area contributed by atoms with Crippen LogP contribution in [0, 0.1) is 13.8 Å². The average Bonchev–Trinajstić information content (AvgIpc) is 2.86. The summed E-state index contributed by atoms with van der Waals surface area (Å²) in [5, 5.41) is 4.61. The first kappa shape index (κ1) is 14.9. The minimum Gasteiger partial charge on any atom is -0.353 e. The van der Waals surface area contributed by atoms with Gasteiger partial charge in [-0.3, -0.25) is 4.90 Å². The predicted molar refractivity (Wildman–Crippen MR) is 92.1 cm³/mol. The van der Waals surface area contributed by atoms with Crippen molar-refractivity contribution in [3.8, 4) is 0 Å². The highest BCUT2D eigenvalue weighted by Crippen LogP contribution is 2.25. The first-order chi connectivity index (χ1) is 11.1. The van der Waals surface area contributed by atoms with Crippen molar-refractivity contribution in [2.24, 2.45) is 0 Å². The second kappa shape index (κ2) is 5.76. The van der Waals surface area contributed by atoms with Gasteiger partial charge in [0, 0.05) is 63.1 Å². The van der Waals surface area contributed by atoms with E-state index >= 15 is 0 Å². The minimum atomic E-state index is 0.689. The Labute approximate surface area is 137 Å². The van der Waals surface area contributed by atoms with Crippen LogP contribution in [0.4, 0.5) is 5.82 Å². The number of aromatic nitrogens is 3. The molecule has 6 nitrogen and oxygen atoms in total. The van der Waals surface area contributed by atoms with Crippen LogP contribution in [0.25, 0.3) is 5.65 Å². The highest BCUT2D eigenvalue weighted by molar-refractivity contribution is 5.53. The molecular formula is C17H26N6. The maximum Gasteiger partial charge on any atom is 0.157 e. The molecule has 0 aromatic carbocycles. The lowest BCUT2D eigenvalue weighted by molar-refractivity contribution is 0.0857. The van der Waals surface area contributed by atoms with Crippen LogP contribution in [-0.4, -0.2) is 76.3 Å². The molecular weight excluding hydrogens is 288 g/mol. The topological polar surface area (TPSA) is 39.9 Å². The van der Waals surface area contributed by atoms with Gasteiger partial charge in [0.05, 0.1) is 5.69 Å².